The molecule has 0 radical (unpaired) electrons. The largest absolute Gasteiger partial charge is 0.493 e. The molecule has 2 N–H and O–H groups in total. The normalized spacial score (nSPS) is 15.9. The van der Waals surface area contributed by atoms with Crippen molar-refractivity contribution >= 4 is 34.1 Å². The van der Waals surface area contributed by atoms with Crippen LogP contribution < -0.4 is 24.8 Å². The van der Waals surface area contributed by atoms with E-state index in [0.29, 0.717) is 35.4 Å². The zero-order valence-corrected chi connectivity index (χ0v) is 25.9. The van der Waals surface area contributed by atoms with E-state index in [-0.39, 0.29) is 35.8 Å². The van der Waals surface area contributed by atoms with E-state index in [1.54, 1.807) is 12.1 Å². The first kappa shape index (κ1) is 32.1. The number of morpholine rings is 1. The molecule has 6 rings (SSSR count). The number of methoxy groups -OCH3 is 1. The van der Waals surface area contributed by atoms with E-state index in [1.165, 1.54) is 54.7 Å². The summed E-state index contributed by atoms with van der Waals surface area (Å²) in [5.41, 5.74) is 5.09. The molecule has 1 saturated carbocycles. The van der Waals surface area contributed by atoms with Gasteiger partial charge in [-0.05, 0) is 61.7 Å². The molecule has 2 amide bonds. The zero-order chi connectivity index (χ0) is 33.0. The third-order valence-electron chi connectivity index (χ3n) is 8.62. The van der Waals surface area contributed by atoms with Crippen LogP contribution >= 0.6 is 0 Å². The summed E-state index contributed by atoms with van der Waals surface area (Å²) in [5.74, 6) is -1.83. The Balaban J connectivity index is 1.24. The van der Waals surface area contributed by atoms with Crippen molar-refractivity contribution in [1.29, 1.82) is 0 Å². The Kier molecular flexibility index (Phi) is 9.45. The summed E-state index contributed by atoms with van der Waals surface area (Å²) in [6, 6.07) is 12.4. The number of primary amides is 1. The van der Waals surface area contributed by atoms with Crippen LogP contribution in [0.15, 0.2) is 60.9 Å². The number of carbonyl (C=O) groups is 2. The van der Waals surface area contributed by atoms with Gasteiger partial charge in [0.2, 0.25) is 17.7 Å². The average Bonchev–Trinajstić information content (AvgIpc) is 3.05. The highest BCUT2D eigenvalue weighted by atomic mass is 19.1. The van der Waals surface area contributed by atoms with Gasteiger partial charge in [-0.15, -0.1) is 0 Å². The first-order chi connectivity index (χ1) is 22.8. The van der Waals surface area contributed by atoms with Gasteiger partial charge in [-0.2, -0.15) is 0 Å². The summed E-state index contributed by atoms with van der Waals surface area (Å²) in [4.78, 5) is 38.2. The second-order valence-corrected chi connectivity index (χ2v) is 11.5. The molecular weight excluding hydrogens is 612 g/mol. The van der Waals surface area contributed by atoms with Gasteiger partial charge < -0.3 is 24.7 Å². The molecule has 13 heteroatoms. The number of benzene rings is 3. The molecule has 0 bridgehead atoms. The fraction of sp³-hybridized carbons (Fsp3) is 0.353. The maximum absolute atomic E-state index is 15.7. The Labute approximate surface area is 270 Å². The number of nitrogens with two attached hydrogens (primary N) is 1. The molecule has 2 aliphatic rings. The predicted octanol–water partition coefficient (Wildman–Crippen LogP) is 5.13. The van der Waals surface area contributed by atoms with Crippen molar-refractivity contribution in [2.24, 2.45) is 11.1 Å². The molecule has 2 heterocycles. The van der Waals surface area contributed by atoms with Crippen molar-refractivity contribution in [2.75, 3.05) is 51.5 Å². The Morgan fingerprint density at radius 3 is 2.38 bits per heavy atom. The minimum Gasteiger partial charge on any atom is -0.493 e. The molecule has 11 nitrogen and oxygen atoms in total. The van der Waals surface area contributed by atoms with Gasteiger partial charge in [0.1, 0.15) is 17.6 Å². The molecule has 3 aromatic carbocycles. The molecule has 0 atom stereocenters. The topological polar surface area (TPSA) is 129 Å². The lowest BCUT2D eigenvalue weighted by molar-refractivity contribution is -0.145. The Morgan fingerprint density at radius 2 is 1.72 bits per heavy atom. The molecule has 246 valence electrons. The third kappa shape index (κ3) is 6.67. The molecule has 1 aromatic heterocycles. The van der Waals surface area contributed by atoms with E-state index in [2.05, 4.69) is 14.9 Å². The van der Waals surface area contributed by atoms with Crippen molar-refractivity contribution in [3.05, 3.63) is 72.6 Å². The van der Waals surface area contributed by atoms with Crippen LogP contribution in [-0.2, 0) is 14.3 Å². The third-order valence-corrected chi connectivity index (χ3v) is 8.62. The lowest BCUT2D eigenvalue weighted by Crippen LogP contribution is -2.54. The number of halogens is 2. The minimum absolute atomic E-state index is 0.0763. The highest BCUT2D eigenvalue weighted by Gasteiger charge is 2.52. The van der Waals surface area contributed by atoms with Crippen molar-refractivity contribution in [3.8, 4) is 23.1 Å². The second-order valence-electron chi connectivity index (χ2n) is 11.5. The maximum Gasteiger partial charge on any atom is 0.247 e. The van der Waals surface area contributed by atoms with Gasteiger partial charge in [-0.3, -0.25) is 19.4 Å². The molecular formula is C34H35F2N5O6. The fourth-order valence-electron chi connectivity index (χ4n) is 5.79. The van der Waals surface area contributed by atoms with Gasteiger partial charge in [-0.25, -0.2) is 18.7 Å². The van der Waals surface area contributed by atoms with Crippen LogP contribution in [0.3, 0.4) is 0 Å². The standard InChI is InChI=1S/C34H35F2N5O6/c1-44-29-19-25-27(20-30(29)46-15-3-12-40-13-16-45-17-14-40)38-21-39-31(25)47-28-9-8-24(18-26(28)36)41(23-6-4-22(35)5-7-23)33(43)34(32(37)42)10-2-11-34/h4-9,18-21H,2-3,10-17H2,1H3,(H2,37,42). The van der Waals surface area contributed by atoms with E-state index in [9.17, 15) is 14.0 Å². The number of amides is 2. The van der Waals surface area contributed by atoms with Crippen LogP contribution in [0.4, 0.5) is 20.2 Å². The lowest BCUT2D eigenvalue weighted by Gasteiger charge is -2.40. The molecule has 2 fully saturated rings. The maximum atomic E-state index is 15.7. The quantitative estimate of drug-likeness (QED) is 0.164. The fourth-order valence-corrected chi connectivity index (χ4v) is 5.79. The van der Waals surface area contributed by atoms with Gasteiger partial charge in [0, 0.05) is 37.5 Å². The van der Waals surface area contributed by atoms with Gasteiger partial charge in [-0.1, -0.05) is 6.42 Å². The molecule has 1 saturated heterocycles. The lowest BCUT2D eigenvalue weighted by atomic mass is 9.67. The summed E-state index contributed by atoms with van der Waals surface area (Å²) in [6.07, 6.45) is 3.31. The van der Waals surface area contributed by atoms with Crippen molar-refractivity contribution in [1.82, 2.24) is 14.9 Å². The average molecular weight is 648 g/mol. The van der Waals surface area contributed by atoms with Crippen LogP contribution in [0.2, 0.25) is 0 Å². The molecule has 1 aliphatic carbocycles. The summed E-state index contributed by atoms with van der Waals surface area (Å²) in [7, 11) is 1.52. The van der Waals surface area contributed by atoms with Gasteiger partial charge in [0.25, 0.3) is 0 Å². The van der Waals surface area contributed by atoms with Crippen LogP contribution in [0.25, 0.3) is 10.9 Å². The summed E-state index contributed by atoms with van der Waals surface area (Å²) in [5, 5.41) is 0.463. The highest BCUT2D eigenvalue weighted by molar-refractivity contribution is 6.15. The molecule has 1 aliphatic heterocycles. The first-order valence-corrected chi connectivity index (χ1v) is 15.4. The van der Waals surface area contributed by atoms with E-state index in [1.807, 2.05) is 0 Å². The Bertz CT molecular complexity index is 1760. The number of fused-ring (bicyclic) bond motifs is 1. The van der Waals surface area contributed by atoms with E-state index >= 15 is 4.39 Å². The summed E-state index contributed by atoms with van der Waals surface area (Å²) >= 11 is 0. The predicted molar refractivity (Wildman–Crippen MR) is 169 cm³/mol. The summed E-state index contributed by atoms with van der Waals surface area (Å²) < 4.78 is 52.4. The number of anilines is 2. The van der Waals surface area contributed by atoms with E-state index in [4.69, 9.17) is 24.7 Å². The molecule has 4 aromatic rings. The molecule has 0 spiro atoms. The van der Waals surface area contributed by atoms with E-state index < -0.39 is 28.9 Å². The van der Waals surface area contributed by atoms with Crippen LogP contribution in [0, 0.1) is 17.0 Å². The van der Waals surface area contributed by atoms with E-state index in [0.717, 1.165) is 45.3 Å². The highest BCUT2D eigenvalue weighted by Crippen LogP contribution is 2.45. The number of aromatic nitrogens is 2. The first-order valence-electron chi connectivity index (χ1n) is 15.4. The van der Waals surface area contributed by atoms with Gasteiger partial charge in [0.05, 0.1) is 43.5 Å². The number of nitrogens with zero attached hydrogens (tertiary/aromatic N) is 4. The number of ether oxygens (including phenoxy) is 4. The molecule has 0 unspecified atom stereocenters. The van der Waals surface area contributed by atoms with Crippen molar-refractivity contribution in [2.45, 2.75) is 25.7 Å². The smallest absolute Gasteiger partial charge is 0.247 e. The SMILES string of the molecule is COc1cc2c(Oc3ccc(N(C(=O)C4(C(N)=O)CCC4)c4ccc(F)cc4)cc3F)ncnc2cc1OCCCN1CCOCC1. The Hall–Kier alpha value is -4.88. The molecule has 47 heavy (non-hydrogen) atoms. The van der Waals surface area contributed by atoms with Crippen LogP contribution in [0.5, 0.6) is 23.1 Å². The van der Waals surface area contributed by atoms with Crippen LogP contribution in [-0.4, -0.2) is 73.2 Å². The Morgan fingerprint density at radius 1 is 0.979 bits per heavy atom. The number of hydrogen-bond acceptors (Lipinski definition) is 9. The van der Waals surface area contributed by atoms with Crippen molar-refractivity contribution < 1.29 is 37.3 Å². The van der Waals surface area contributed by atoms with Crippen LogP contribution in [0.1, 0.15) is 25.7 Å². The second kappa shape index (κ2) is 13.9. The zero-order valence-electron chi connectivity index (χ0n) is 25.9. The number of rotatable bonds is 12. The number of carbonyl (C=O) groups excluding carboxylic acids is 2. The minimum atomic E-state index is -1.43. The summed E-state index contributed by atoms with van der Waals surface area (Å²) in [6.45, 7) is 4.66. The van der Waals surface area contributed by atoms with Crippen molar-refractivity contribution in [3.63, 3.8) is 0 Å². The number of hydrogen-bond donors (Lipinski definition) is 1. The van der Waals surface area contributed by atoms with Gasteiger partial charge in [0.15, 0.2) is 23.1 Å². The monoisotopic (exact) mass is 647 g/mol. The van der Waals surface area contributed by atoms with Gasteiger partial charge >= 0.3 is 0 Å².